The maximum absolute atomic E-state index is 11.6. The maximum atomic E-state index is 11.6. The van der Waals surface area contributed by atoms with Crippen LogP contribution >= 0.6 is 0 Å². The van der Waals surface area contributed by atoms with Crippen LogP contribution in [0.5, 0.6) is 0 Å². The van der Waals surface area contributed by atoms with Crippen LogP contribution in [-0.2, 0) is 9.59 Å². The smallest absolute Gasteiger partial charge is 0.225 e. The number of carbonyl (C=O) groups excluding carboxylic acids is 2. The zero-order valence-electron chi connectivity index (χ0n) is 9.41. The predicted molar refractivity (Wildman–Crippen MR) is 55.5 cm³/mol. The average molecular weight is 200 g/mol. The van der Waals surface area contributed by atoms with Crippen molar-refractivity contribution >= 4 is 11.8 Å². The number of amides is 2. The molecule has 0 bridgehead atoms. The molecule has 0 spiro atoms. The summed E-state index contributed by atoms with van der Waals surface area (Å²) in [7, 11) is 3.44. The van der Waals surface area contributed by atoms with Crippen molar-refractivity contribution in [3.05, 3.63) is 0 Å². The second-order valence-electron chi connectivity index (χ2n) is 3.88. The van der Waals surface area contributed by atoms with Crippen LogP contribution in [0.1, 0.15) is 26.7 Å². The van der Waals surface area contributed by atoms with Gasteiger partial charge in [-0.1, -0.05) is 13.8 Å². The topological polar surface area (TPSA) is 63.4 Å². The van der Waals surface area contributed by atoms with Gasteiger partial charge in [-0.2, -0.15) is 0 Å². The first kappa shape index (κ1) is 12.9. The third kappa shape index (κ3) is 3.77. The molecule has 4 heteroatoms. The van der Waals surface area contributed by atoms with Gasteiger partial charge in [-0.05, 0) is 12.8 Å². The van der Waals surface area contributed by atoms with Crippen molar-refractivity contribution in [2.24, 2.45) is 17.6 Å². The van der Waals surface area contributed by atoms with Gasteiger partial charge in [0, 0.05) is 25.9 Å². The van der Waals surface area contributed by atoms with Crippen molar-refractivity contribution in [3.8, 4) is 0 Å². The lowest BCUT2D eigenvalue weighted by molar-refractivity contribution is -0.134. The molecule has 2 N–H and O–H groups in total. The molecule has 2 atom stereocenters. The Balaban J connectivity index is 4.29. The van der Waals surface area contributed by atoms with Gasteiger partial charge in [0.1, 0.15) is 0 Å². The summed E-state index contributed by atoms with van der Waals surface area (Å²) in [5.41, 5.74) is 5.15. The molecule has 0 rings (SSSR count). The molecular formula is C10H20N2O2. The molecule has 0 fully saturated rings. The van der Waals surface area contributed by atoms with Crippen molar-refractivity contribution in [2.45, 2.75) is 26.7 Å². The first-order valence-corrected chi connectivity index (χ1v) is 4.90. The molecule has 0 aliphatic rings. The molecule has 0 aromatic rings. The first-order valence-electron chi connectivity index (χ1n) is 4.90. The van der Waals surface area contributed by atoms with Crippen LogP contribution in [0.4, 0.5) is 0 Å². The highest BCUT2D eigenvalue weighted by Gasteiger charge is 2.22. The molecule has 0 aliphatic carbocycles. The summed E-state index contributed by atoms with van der Waals surface area (Å²) >= 11 is 0. The molecule has 14 heavy (non-hydrogen) atoms. The Morgan fingerprint density at radius 3 is 2.14 bits per heavy atom. The van der Waals surface area contributed by atoms with Gasteiger partial charge in [0.25, 0.3) is 0 Å². The molecule has 0 aliphatic heterocycles. The Morgan fingerprint density at radius 2 is 1.86 bits per heavy atom. The van der Waals surface area contributed by atoms with Crippen molar-refractivity contribution in [1.29, 1.82) is 0 Å². The molecule has 2 unspecified atom stereocenters. The van der Waals surface area contributed by atoms with E-state index in [0.717, 1.165) is 6.42 Å². The highest BCUT2D eigenvalue weighted by atomic mass is 16.2. The monoisotopic (exact) mass is 200 g/mol. The zero-order chi connectivity index (χ0) is 11.3. The van der Waals surface area contributed by atoms with E-state index in [1.807, 2.05) is 6.92 Å². The Bertz CT molecular complexity index is 214. The van der Waals surface area contributed by atoms with E-state index in [4.69, 9.17) is 5.73 Å². The highest BCUT2D eigenvalue weighted by Crippen LogP contribution is 2.17. The number of rotatable bonds is 5. The van der Waals surface area contributed by atoms with Crippen molar-refractivity contribution < 1.29 is 9.59 Å². The molecule has 0 radical (unpaired) electrons. The zero-order valence-corrected chi connectivity index (χ0v) is 9.41. The van der Waals surface area contributed by atoms with Crippen LogP contribution < -0.4 is 5.73 Å². The maximum Gasteiger partial charge on any atom is 0.225 e. The Hall–Kier alpha value is -1.06. The van der Waals surface area contributed by atoms with Gasteiger partial charge in [0.2, 0.25) is 11.8 Å². The van der Waals surface area contributed by atoms with E-state index < -0.39 is 0 Å². The summed E-state index contributed by atoms with van der Waals surface area (Å²) in [4.78, 5) is 24.0. The van der Waals surface area contributed by atoms with Crippen molar-refractivity contribution in [1.82, 2.24) is 4.90 Å². The van der Waals surface area contributed by atoms with Crippen LogP contribution in [0.25, 0.3) is 0 Å². The summed E-state index contributed by atoms with van der Waals surface area (Å²) in [6, 6.07) is 0. The molecular weight excluding hydrogens is 180 g/mol. The minimum Gasteiger partial charge on any atom is -0.369 e. The molecule has 0 saturated carbocycles. The molecule has 0 aromatic heterocycles. The normalized spacial score (nSPS) is 14.6. The second-order valence-corrected chi connectivity index (χ2v) is 3.88. The van der Waals surface area contributed by atoms with Gasteiger partial charge in [-0.3, -0.25) is 9.59 Å². The fourth-order valence-electron chi connectivity index (χ4n) is 1.35. The summed E-state index contributed by atoms with van der Waals surface area (Å²) < 4.78 is 0. The van der Waals surface area contributed by atoms with E-state index in [1.54, 1.807) is 25.9 Å². The van der Waals surface area contributed by atoms with E-state index in [0.29, 0.717) is 6.42 Å². The minimum atomic E-state index is -0.338. The van der Waals surface area contributed by atoms with E-state index in [2.05, 4.69) is 0 Å². The summed E-state index contributed by atoms with van der Waals surface area (Å²) in [6.45, 7) is 3.70. The molecule has 4 nitrogen and oxygen atoms in total. The van der Waals surface area contributed by atoms with Gasteiger partial charge in [-0.15, -0.1) is 0 Å². The van der Waals surface area contributed by atoms with Gasteiger partial charge >= 0.3 is 0 Å². The highest BCUT2D eigenvalue weighted by molar-refractivity contribution is 5.80. The van der Waals surface area contributed by atoms with Gasteiger partial charge in [0.05, 0.1) is 0 Å². The predicted octanol–water partition coefficient (Wildman–Crippen LogP) is 0.612. The van der Waals surface area contributed by atoms with Crippen molar-refractivity contribution in [2.75, 3.05) is 14.1 Å². The lowest BCUT2D eigenvalue weighted by atomic mass is 9.92. The van der Waals surface area contributed by atoms with Crippen molar-refractivity contribution in [3.63, 3.8) is 0 Å². The fraction of sp³-hybridized carbons (Fsp3) is 0.800. The standard InChI is InChI=1S/C10H20N2O2/c1-5-8(10(14)12(3)4)6-7(2)9(11)13/h7-8H,5-6H2,1-4H3,(H2,11,13). The largest absolute Gasteiger partial charge is 0.369 e. The van der Waals surface area contributed by atoms with Crippen LogP contribution in [0.15, 0.2) is 0 Å². The average Bonchev–Trinajstić information content (AvgIpc) is 2.12. The van der Waals surface area contributed by atoms with Crippen LogP contribution in [0.2, 0.25) is 0 Å². The van der Waals surface area contributed by atoms with E-state index in [-0.39, 0.29) is 23.7 Å². The number of hydrogen-bond acceptors (Lipinski definition) is 2. The Labute approximate surface area is 85.4 Å². The van der Waals surface area contributed by atoms with E-state index in [9.17, 15) is 9.59 Å². The van der Waals surface area contributed by atoms with Crippen LogP contribution in [-0.4, -0.2) is 30.8 Å². The first-order chi connectivity index (χ1) is 6.40. The Kier molecular flexibility index (Phi) is 5.20. The quantitative estimate of drug-likeness (QED) is 0.706. The SMILES string of the molecule is CCC(CC(C)C(N)=O)C(=O)N(C)C. The molecule has 82 valence electrons. The van der Waals surface area contributed by atoms with Gasteiger partial charge < -0.3 is 10.6 Å². The molecule has 0 aromatic carbocycles. The summed E-state index contributed by atoms with van der Waals surface area (Å²) in [5, 5.41) is 0. The van der Waals surface area contributed by atoms with E-state index in [1.165, 1.54) is 0 Å². The number of hydrogen-bond donors (Lipinski definition) is 1. The van der Waals surface area contributed by atoms with Crippen LogP contribution in [0.3, 0.4) is 0 Å². The Morgan fingerprint density at radius 1 is 1.36 bits per heavy atom. The lowest BCUT2D eigenvalue weighted by Crippen LogP contribution is -2.32. The molecule has 0 heterocycles. The number of carbonyl (C=O) groups is 2. The summed E-state index contributed by atoms with van der Waals surface area (Å²) in [5.74, 6) is -0.591. The van der Waals surface area contributed by atoms with Gasteiger partial charge in [-0.25, -0.2) is 0 Å². The van der Waals surface area contributed by atoms with E-state index >= 15 is 0 Å². The lowest BCUT2D eigenvalue weighted by Gasteiger charge is -2.20. The number of primary amides is 1. The molecule has 0 saturated heterocycles. The third-order valence-electron chi connectivity index (χ3n) is 2.41. The van der Waals surface area contributed by atoms with Crippen LogP contribution in [0, 0.1) is 11.8 Å². The second kappa shape index (κ2) is 5.62. The number of nitrogens with zero attached hydrogens (tertiary/aromatic N) is 1. The molecule has 2 amide bonds. The number of nitrogens with two attached hydrogens (primary N) is 1. The van der Waals surface area contributed by atoms with Gasteiger partial charge in [0.15, 0.2) is 0 Å². The minimum absolute atomic E-state index is 0.0700. The summed E-state index contributed by atoms with van der Waals surface area (Å²) in [6.07, 6.45) is 1.29. The fourth-order valence-corrected chi connectivity index (χ4v) is 1.35. The third-order valence-corrected chi connectivity index (χ3v) is 2.41.